The van der Waals surface area contributed by atoms with Gasteiger partial charge in [-0.1, -0.05) is 17.8 Å². The molecule has 0 atom stereocenters. The number of nitrogens with one attached hydrogen (secondary N) is 2. The number of thiazole rings is 1. The van der Waals surface area contributed by atoms with Crippen molar-refractivity contribution in [2.45, 2.75) is 30.9 Å². The van der Waals surface area contributed by atoms with Crippen LogP contribution >= 0.6 is 23.1 Å². The molecular weight excluding hydrogens is 470 g/mol. The SMILES string of the molecule is Cc1cc(C)cc(NC(=O)Nc2ccc3nc(SCc4cc(=O)n5oc(C)cc5n4)sc3c2)c1. The van der Waals surface area contributed by atoms with Gasteiger partial charge in [0.2, 0.25) is 0 Å². The molecule has 0 radical (unpaired) electrons. The lowest BCUT2D eigenvalue weighted by Crippen LogP contribution is -2.19. The molecule has 5 aromatic rings. The zero-order valence-corrected chi connectivity index (χ0v) is 20.3. The summed E-state index contributed by atoms with van der Waals surface area (Å²) in [5.74, 6) is 1.15. The largest absolute Gasteiger partial charge is 0.375 e. The smallest absolute Gasteiger partial charge is 0.323 e. The highest BCUT2D eigenvalue weighted by molar-refractivity contribution is 8.00. The van der Waals surface area contributed by atoms with Gasteiger partial charge in [0.05, 0.1) is 15.9 Å². The number of fused-ring (bicyclic) bond motifs is 2. The van der Waals surface area contributed by atoms with Gasteiger partial charge >= 0.3 is 6.03 Å². The first kappa shape index (κ1) is 22.2. The molecule has 8 nitrogen and oxygen atoms in total. The number of carbonyl (C=O) groups excluding carboxylic acids is 1. The Morgan fingerprint density at radius 2 is 1.76 bits per heavy atom. The first-order valence-corrected chi connectivity index (χ1v) is 12.3. The van der Waals surface area contributed by atoms with Gasteiger partial charge in [0.15, 0.2) is 9.99 Å². The van der Waals surface area contributed by atoms with Crippen molar-refractivity contribution in [2.75, 3.05) is 10.6 Å². The van der Waals surface area contributed by atoms with Crippen LogP contribution in [0.1, 0.15) is 22.6 Å². The summed E-state index contributed by atoms with van der Waals surface area (Å²) in [5.41, 5.74) is 5.39. The van der Waals surface area contributed by atoms with Crippen LogP contribution in [0.25, 0.3) is 15.9 Å². The van der Waals surface area contributed by atoms with Gasteiger partial charge in [-0.05, 0) is 62.2 Å². The Labute approximate surface area is 203 Å². The first-order chi connectivity index (χ1) is 16.3. The van der Waals surface area contributed by atoms with Crippen molar-refractivity contribution in [1.82, 2.24) is 14.5 Å². The Bertz CT molecular complexity index is 1580. The summed E-state index contributed by atoms with van der Waals surface area (Å²) in [7, 11) is 0. The number of benzene rings is 2. The fourth-order valence-electron chi connectivity index (χ4n) is 3.67. The van der Waals surface area contributed by atoms with Gasteiger partial charge < -0.3 is 15.2 Å². The molecule has 2 amide bonds. The van der Waals surface area contributed by atoms with E-state index in [1.54, 1.807) is 13.0 Å². The van der Waals surface area contributed by atoms with E-state index in [0.717, 1.165) is 31.4 Å². The van der Waals surface area contributed by atoms with Gasteiger partial charge in [-0.3, -0.25) is 4.79 Å². The van der Waals surface area contributed by atoms with Crippen LogP contribution in [0.2, 0.25) is 0 Å². The number of hydrogen-bond acceptors (Lipinski definition) is 7. The Hall–Kier alpha value is -3.63. The number of urea groups is 1. The van der Waals surface area contributed by atoms with Crippen molar-refractivity contribution in [3.63, 3.8) is 0 Å². The van der Waals surface area contributed by atoms with E-state index in [9.17, 15) is 9.59 Å². The lowest BCUT2D eigenvalue weighted by molar-refractivity contribution is 0.262. The van der Waals surface area contributed by atoms with Gasteiger partial charge in [-0.15, -0.1) is 15.9 Å². The summed E-state index contributed by atoms with van der Waals surface area (Å²) < 4.78 is 8.33. The number of carbonyl (C=O) groups is 1. The van der Waals surface area contributed by atoms with Crippen LogP contribution in [0.5, 0.6) is 0 Å². The third kappa shape index (κ3) is 4.82. The number of rotatable bonds is 5. The number of amides is 2. The quantitative estimate of drug-likeness (QED) is 0.303. The molecule has 0 bridgehead atoms. The van der Waals surface area contributed by atoms with E-state index < -0.39 is 0 Å². The van der Waals surface area contributed by atoms with Gasteiger partial charge in [-0.25, -0.2) is 14.8 Å². The molecule has 2 aromatic carbocycles. The lowest BCUT2D eigenvalue weighted by Gasteiger charge is -2.09. The fraction of sp³-hybridized carbons (Fsp3) is 0.167. The van der Waals surface area contributed by atoms with Crippen LogP contribution in [0, 0.1) is 20.8 Å². The molecule has 3 aromatic heterocycles. The van der Waals surface area contributed by atoms with Crippen molar-refractivity contribution in [2.24, 2.45) is 0 Å². The average Bonchev–Trinajstić information content (AvgIpc) is 3.33. The molecule has 0 saturated heterocycles. The molecule has 172 valence electrons. The van der Waals surface area contributed by atoms with E-state index in [-0.39, 0.29) is 11.6 Å². The zero-order chi connectivity index (χ0) is 23.8. The van der Waals surface area contributed by atoms with E-state index in [2.05, 4.69) is 26.7 Å². The van der Waals surface area contributed by atoms with Crippen LogP contribution in [0.3, 0.4) is 0 Å². The second kappa shape index (κ2) is 8.96. The minimum absolute atomic E-state index is 0.243. The maximum Gasteiger partial charge on any atom is 0.323 e. The minimum atomic E-state index is -0.300. The molecule has 5 rings (SSSR count). The maximum atomic E-state index is 12.4. The molecule has 10 heteroatoms. The Balaban J connectivity index is 1.27. The highest BCUT2D eigenvalue weighted by atomic mass is 32.2. The van der Waals surface area contributed by atoms with Crippen molar-refractivity contribution in [3.05, 3.63) is 81.5 Å². The summed E-state index contributed by atoms with van der Waals surface area (Å²) in [5, 5.41) is 5.76. The number of nitrogens with zero attached hydrogens (tertiary/aromatic N) is 3. The van der Waals surface area contributed by atoms with Gasteiger partial charge in [-0.2, -0.15) is 0 Å². The molecule has 0 unspecified atom stereocenters. The molecule has 0 aliphatic heterocycles. The topological polar surface area (TPSA) is 102 Å². The number of hydrogen-bond donors (Lipinski definition) is 2. The van der Waals surface area contributed by atoms with Crippen LogP contribution in [-0.4, -0.2) is 20.6 Å². The molecule has 0 fully saturated rings. The van der Waals surface area contributed by atoms with E-state index in [4.69, 9.17) is 4.52 Å². The van der Waals surface area contributed by atoms with Gasteiger partial charge in [0.1, 0.15) is 5.76 Å². The fourth-order valence-corrected chi connectivity index (χ4v) is 5.67. The van der Waals surface area contributed by atoms with E-state index in [1.807, 2.05) is 44.2 Å². The molecule has 0 saturated carbocycles. The standard InChI is InChI=1S/C24H21N5O3S2/c1-13-6-14(2)8-17(7-13)27-23(31)26-16-4-5-19-20(10-16)34-24(28-19)33-12-18-11-22(30)29-21(25-18)9-15(3)32-29/h4-11H,12H2,1-3H3,(H2,26,27,31). The molecule has 34 heavy (non-hydrogen) atoms. The van der Waals surface area contributed by atoms with Crippen molar-refractivity contribution >= 4 is 56.4 Å². The van der Waals surface area contributed by atoms with E-state index in [1.165, 1.54) is 33.7 Å². The molecule has 0 aliphatic rings. The first-order valence-electron chi connectivity index (χ1n) is 10.5. The second-order valence-corrected chi connectivity index (χ2v) is 10.2. The van der Waals surface area contributed by atoms with Crippen molar-refractivity contribution < 1.29 is 9.32 Å². The average molecular weight is 492 g/mol. The Morgan fingerprint density at radius 3 is 2.56 bits per heavy atom. The second-order valence-electron chi connectivity index (χ2n) is 7.99. The van der Waals surface area contributed by atoms with Crippen LogP contribution in [0.15, 0.2) is 62.2 Å². The summed E-state index contributed by atoms with van der Waals surface area (Å²) in [4.78, 5) is 33.8. The van der Waals surface area contributed by atoms with Gasteiger partial charge in [0.25, 0.3) is 5.56 Å². The molecule has 3 heterocycles. The number of aryl methyl sites for hydroxylation is 3. The van der Waals surface area contributed by atoms with Crippen molar-refractivity contribution in [3.8, 4) is 0 Å². The highest BCUT2D eigenvalue weighted by Crippen LogP contribution is 2.32. The lowest BCUT2D eigenvalue weighted by atomic mass is 10.1. The molecular formula is C24H21N5O3S2. The van der Waals surface area contributed by atoms with Gasteiger partial charge in [0, 0.05) is 29.3 Å². The molecule has 0 spiro atoms. The summed E-state index contributed by atoms with van der Waals surface area (Å²) in [6.07, 6.45) is 0. The van der Waals surface area contributed by atoms with Crippen LogP contribution < -0.4 is 16.2 Å². The third-order valence-corrected chi connectivity index (χ3v) is 7.17. The zero-order valence-electron chi connectivity index (χ0n) is 18.7. The maximum absolute atomic E-state index is 12.4. The number of thioether (sulfide) groups is 1. The predicted molar refractivity (Wildman–Crippen MR) is 136 cm³/mol. The van der Waals surface area contributed by atoms with E-state index in [0.29, 0.717) is 28.5 Å². The molecule has 2 N–H and O–H groups in total. The monoisotopic (exact) mass is 491 g/mol. The van der Waals surface area contributed by atoms with E-state index >= 15 is 0 Å². The van der Waals surface area contributed by atoms with Crippen LogP contribution in [0.4, 0.5) is 16.2 Å². The van der Waals surface area contributed by atoms with Crippen molar-refractivity contribution in [1.29, 1.82) is 0 Å². The number of aromatic nitrogens is 3. The summed E-state index contributed by atoms with van der Waals surface area (Å²) in [6.45, 7) is 5.77. The summed E-state index contributed by atoms with van der Waals surface area (Å²) >= 11 is 3.04. The van der Waals surface area contributed by atoms with Crippen LogP contribution in [-0.2, 0) is 5.75 Å². The summed E-state index contributed by atoms with van der Waals surface area (Å²) in [6, 6.07) is 14.4. The minimum Gasteiger partial charge on any atom is -0.375 e. The molecule has 0 aliphatic carbocycles. The Kier molecular flexibility index (Phi) is 5.84. The normalized spacial score (nSPS) is 11.3. The number of anilines is 2. The highest BCUT2D eigenvalue weighted by Gasteiger charge is 2.11. The predicted octanol–water partition coefficient (Wildman–Crippen LogP) is 5.76. The Morgan fingerprint density at radius 1 is 1.00 bits per heavy atom. The third-order valence-electron chi connectivity index (χ3n) is 4.97.